The van der Waals surface area contributed by atoms with Crippen molar-refractivity contribution in [3.05, 3.63) is 0 Å². The standard InChI is InChI=1S/C14H27NO3/c1-10(16)7-14(3,4)9-15-13(17)11(2)18-8-12-5-6-12/h10-12,16H,5-9H2,1-4H3,(H,15,17). The van der Waals surface area contributed by atoms with Crippen LogP contribution in [0.3, 0.4) is 0 Å². The molecule has 0 bridgehead atoms. The van der Waals surface area contributed by atoms with Gasteiger partial charge in [0.1, 0.15) is 6.10 Å². The molecule has 0 saturated heterocycles. The third-order valence-electron chi connectivity index (χ3n) is 3.24. The van der Waals surface area contributed by atoms with Crippen molar-refractivity contribution >= 4 is 5.91 Å². The Hall–Kier alpha value is -0.610. The van der Waals surface area contributed by atoms with E-state index >= 15 is 0 Å². The highest BCUT2D eigenvalue weighted by Gasteiger charge is 2.25. The van der Waals surface area contributed by atoms with Crippen LogP contribution in [-0.2, 0) is 9.53 Å². The molecule has 2 atom stereocenters. The molecule has 0 spiro atoms. The van der Waals surface area contributed by atoms with Crippen molar-refractivity contribution in [3.63, 3.8) is 0 Å². The highest BCUT2D eigenvalue weighted by Crippen LogP contribution is 2.29. The van der Waals surface area contributed by atoms with Gasteiger partial charge in [-0.2, -0.15) is 0 Å². The summed E-state index contributed by atoms with van der Waals surface area (Å²) in [5.41, 5.74) is -0.0972. The summed E-state index contributed by atoms with van der Waals surface area (Å²) in [7, 11) is 0. The van der Waals surface area contributed by atoms with Crippen molar-refractivity contribution in [1.29, 1.82) is 0 Å². The zero-order chi connectivity index (χ0) is 13.8. The summed E-state index contributed by atoms with van der Waals surface area (Å²) in [4.78, 5) is 11.8. The molecule has 4 heteroatoms. The third kappa shape index (κ3) is 6.36. The molecule has 2 N–H and O–H groups in total. The van der Waals surface area contributed by atoms with Gasteiger partial charge in [0.2, 0.25) is 5.91 Å². The van der Waals surface area contributed by atoms with Gasteiger partial charge in [-0.15, -0.1) is 0 Å². The molecular formula is C14H27NO3. The number of aliphatic hydroxyl groups is 1. The summed E-state index contributed by atoms with van der Waals surface area (Å²) < 4.78 is 5.51. The summed E-state index contributed by atoms with van der Waals surface area (Å²) >= 11 is 0. The van der Waals surface area contributed by atoms with Gasteiger partial charge in [-0.3, -0.25) is 4.79 Å². The van der Waals surface area contributed by atoms with Crippen LogP contribution in [0.2, 0.25) is 0 Å². The Morgan fingerprint density at radius 1 is 1.44 bits per heavy atom. The summed E-state index contributed by atoms with van der Waals surface area (Å²) in [5, 5.41) is 12.3. The largest absolute Gasteiger partial charge is 0.393 e. The molecule has 0 aliphatic heterocycles. The molecule has 0 aromatic heterocycles. The minimum Gasteiger partial charge on any atom is -0.393 e. The minimum atomic E-state index is -0.382. The molecule has 106 valence electrons. The van der Waals surface area contributed by atoms with Crippen molar-refractivity contribution in [2.45, 2.75) is 59.2 Å². The van der Waals surface area contributed by atoms with Gasteiger partial charge in [0, 0.05) is 6.54 Å². The van der Waals surface area contributed by atoms with Crippen molar-refractivity contribution in [3.8, 4) is 0 Å². The van der Waals surface area contributed by atoms with E-state index in [1.807, 2.05) is 13.8 Å². The molecule has 0 aromatic rings. The third-order valence-corrected chi connectivity index (χ3v) is 3.24. The summed E-state index contributed by atoms with van der Waals surface area (Å²) in [5.74, 6) is 0.612. The number of amides is 1. The second kappa shape index (κ2) is 6.53. The lowest BCUT2D eigenvalue weighted by molar-refractivity contribution is -0.132. The maximum atomic E-state index is 11.8. The number of aliphatic hydroxyl groups excluding tert-OH is 1. The molecular weight excluding hydrogens is 230 g/mol. The Kier molecular flexibility index (Phi) is 5.60. The van der Waals surface area contributed by atoms with E-state index < -0.39 is 0 Å². The number of carbonyl (C=O) groups is 1. The topological polar surface area (TPSA) is 58.6 Å². The molecule has 1 fully saturated rings. The smallest absolute Gasteiger partial charge is 0.248 e. The molecule has 1 saturated carbocycles. The summed E-state index contributed by atoms with van der Waals surface area (Å²) in [6, 6.07) is 0. The maximum Gasteiger partial charge on any atom is 0.248 e. The Labute approximate surface area is 110 Å². The van der Waals surface area contributed by atoms with Crippen molar-refractivity contribution in [2.75, 3.05) is 13.2 Å². The van der Waals surface area contributed by atoms with Gasteiger partial charge >= 0.3 is 0 Å². The molecule has 0 heterocycles. The number of hydrogen-bond donors (Lipinski definition) is 2. The van der Waals surface area contributed by atoms with Crippen molar-refractivity contribution in [1.82, 2.24) is 5.32 Å². The Bertz CT molecular complexity index is 272. The quantitative estimate of drug-likeness (QED) is 0.696. The predicted octanol–water partition coefficient (Wildman–Crippen LogP) is 1.71. The second-order valence-electron chi connectivity index (χ2n) is 6.35. The van der Waals surface area contributed by atoms with Gasteiger partial charge in [-0.05, 0) is 44.4 Å². The number of carbonyl (C=O) groups excluding carboxylic acids is 1. The Morgan fingerprint density at radius 2 is 2.06 bits per heavy atom. The van der Waals surface area contributed by atoms with E-state index in [4.69, 9.17) is 4.74 Å². The van der Waals surface area contributed by atoms with E-state index in [2.05, 4.69) is 5.32 Å². The zero-order valence-corrected chi connectivity index (χ0v) is 12.0. The Morgan fingerprint density at radius 3 is 2.56 bits per heavy atom. The van der Waals surface area contributed by atoms with Crippen LogP contribution in [0.4, 0.5) is 0 Å². The van der Waals surface area contributed by atoms with Gasteiger partial charge in [0.25, 0.3) is 0 Å². The number of rotatable bonds is 8. The van der Waals surface area contributed by atoms with Crippen LogP contribution in [0.5, 0.6) is 0 Å². The summed E-state index contributed by atoms with van der Waals surface area (Å²) in [6.45, 7) is 8.90. The van der Waals surface area contributed by atoms with E-state index in [1.54, 1.807) is 13.8 Å². The highest BCUT2D eigenvalue weighted by molar-refractivity contribution is 5.80. The van der Waals surface area contributed by atoms with E-state index in [0.29, 0.717) is 25.5 Å². The lowest BCUT2D eigenvalue weighted by atomic mass is 9.87. The molecule has 1 amide bonds. The number of ether oxygens (including phenoxy) is 1. The Balaban J connectivity index is 2.21. The fraction of sp³-hybridized carbons (Fsp3) is 0.929. The van der Waals surface area contributed by atoms with Crippen LogP contribution in [0.25, 0.3) is 0 Å². The molecule has 0 aromatic carbocycles. The van der Waals surface area contributed by atoms with E-state index in [9.17, 15) is 9.90 Å². The van der Waals surface area contributed by atoms with Crippen LogP contribution in [0.1, 0.15) is 47.0 Å². The van der Waals surface area contributed by atoms with Crippen molar-refractivity contribution in [2.24, 2.45) is 11.3 Å². The van der Waals surface area contributed by atoms with Gasteiger partial charge < -0.3 is 15.2 Å². The molecule has 18 heavy (non-hydrogen) atoms. The fourth-order valence-electron chi connectivity index (χ4n) is 1.98. The molecule has 1 rings (SSSR count). The first-order valence-corrected chi connectivity index (χ1v) is 6.87. The van der Waals surface area contributed by atoms with E-state index in [-0.39, 0.29) is 23.5 Å². The first-order valence-electron chi connectivity index (χ1n) is 6.87. The highest BCUT2D eigenvalue weighted by atomic mass is 16.5. The average molecular weight is 257 g/mol. The zero-order valence-electron chi connectivity index (χ0n) is 12.0. The molecule has 2 unspecified atom stereocenters. The molecule has 4 nitrogen and oxygen atoms in total. The van der Waals surface area contributed by atoms with Crippen LogP contribution in [0.15, 0.2) is 0 Å². The van der Waals surface area contributed by atoms with Crippen LogP contribution in [-0.4, -0.2) is 36.4 Å². The lowest BCUT2D eigenvalue weighted by Gasteiger charge is -2.27. The first kappa shape index (κ1) is 15.4. The molecule has 1 aliphatic carbocycles. The van der Waals surface area contributed by atoms with E-state index in [0.717, 1.165) is 0 Å². The average Bonchev–Trinajstić information content (AvgIpc) is 3.04. The first-order chi connectivity index (χ1) is 8.30. The summed E-state index contributed by atoms with van der Waals surface area (Å²) in [6.07, 6.45) is 2.41. The SMILES string of the molecule is CC(O)CC(C)(C)CNC(=O)C(C)OCC1CC1. The van der Waals surface area contributed by atoms with Crippen LogP contribution in [0, 0.1) is 11.3 Å². The lowest BCUT2D eigenvalue weighted by Crippen LogP contribution is -2.41. The van der Waals surface area contributed by atoms with Crippen molar-refractivity contribution < 1.29 is 14.6 Å². The minimum absolute atomic E-state index is 0.0608. The van der Waals surface area contributed by atoms with Gasteiger partial charge in [0.15, 0.2) is 0 Å². The van der Waals surface area contributed by atoms with Gasteiger partial charge in [0.05, 0.1) is 12.7 Å². The molecule has 1 aliphatic rings. The normalized spacial score (nSPS) is 19.4. The van der Waals surface area contributed by atoms with Gasteiger partial charge in [-0.25, -0.2) is 0 Å². The van der Waals surface area contributed by atoms with Gasteiger partial charge in [-0.1, -0.05) is 13.8 Å². The monoisotopic (exact) mass is 257 g/mol. The van der Waals surface area contributed by atoms with Crippen LogP contribution < -0.4 is 5.32 Å². The fourth-order valence-corrected chi connectivity index (χ4v) is 1.98. The van der Waals surface area contributed by atoms with Crippen LogP contribution >= 0.6 is 0 Å². The number of hydrogen-bond acceptors (Lipinski definition) is 3. The number of nitrogens with one attached hydrogen (secondary N) is 1. The maximum absolute atomic E-state index is 11.8. The van der Waals surface area contributed by atoms with E-state index in [1.165, 1.54) is 12.8 Å². The molecule has 0 radical (unpaired) electrons. The predicted molar refractivity (Wildman–Crippen MR) is 71.2 cm³/mol. The second-order valence-corrected chi connectivity index (χ2v) is 6.35.